The normalized spacial score (nSPS) is 17.5. The van der Waals surface area contributed by atoms with E-state index in [2.05, 4.69) is 5.32 Å². The first-order valence-electron chi connectivity index (χ1n) is 9.62. The SMILES string of the molecule is CC(CCOc1ccc(CCNC(=O)C=CS(C)=O)cc1)C1=CC(=O)C(C)(C)O1. The highest BCUT2D eigenvalue weighted by Gasteiger charge is 2.36. The fourth-order valence-electron chi connectivity index (χ4n) is 2.71. The maximum Gasteiger partial charge on any atom is 0.244 e. The molecular formula is C22H29NO5S. The van der Waals surface area contributed by atoms with Crippen LogP contribution in [0.25, 0.3) is 0 Å². The molecule has 1 amide bonds. The summed E-state index contributed by atoms with van der Waals surface area (Å²) in [6.07, 6.45) is 5.84. The van der Waals surface area contributed by atoms with Crippen LogP contribution >= 0.6 is 0 Å². The molecule has 1 aliphatic rings. The zero-order valence-electron chi connectivity index (χ0n) is 17.4. The van der Waals surface area contributed by atoms with Crippen LogP contribution in [0.2, 0.25) is 0 Å². The monoisotopic (exact) mass is 419 g/mol. The van der Waals surface area contributed by atoms with Crippen LogP contribution < -0.4 is 10.1 Å². The van der Waals surface area contributed by atoms with E-state index in [0.29, 0.717) is 19.6 Å². The first-order valence-corrected chi connectivity index (χ1v) is 11.2. The summed E-state index contributed by atoms with van der Waals surface area (Å²) >= 11 is 0. The van der Waals surface area contributed by atoms with Gasteiger partial charge in [-0.05, 0) is 44.4 Å². The number of hydrogen-bond donors (Lipinski definition) is 1. The van der Waals surface area contributed by atoms with Crippen LogP contribution in [0.15, 0.2) is 47.6 Å². The lowest BCUT2D eigenvalue weighted by molar-refractivity contribution is -0.127. The number of nitrogens with one attached hydrogen (secondary N) is 1. The Morgan fingerprint density at radius 3 is 2.59 bits per heavy atom. The lowest BCUT2D eigenvalue weighted by atomic mass is 10.0. The fraction of sp³-hybridized carbons (Fsp3) is 0.455. The van der Waals surface area contributed by atoms with Crippen LogP contribution in [-0.4, -0.2) is 40.9 Å². The van der Waals surface area contributed by atoms with E-state index < -0.39 is 16.4 Å². The van der Waals surface area contributed by atoms with Gasteiger partial charge in [-0.3, -0.25) is 13.8 Å². The minimum Gasteiger partial charge on any atom is -0.494 e. The second kappa shape index (κ2) is 10.4. The number of ketones is 1. The van der Waals surface area contributed by atoms with Crippen molar-refractivity contribution in [2.75, 3.05) is 19.4 Å². The molecule has 2 rings (SSSR count). The van der Waals surface area contributed by atoms with Gasteiger partial charge in [0.2, 0.25) is 11.7 Å². The van der Waals surface area contributed by atoms with Crippen LogP contribution in [-0.2, 0) is 31.5 Å². The van der Waals surface area contributed by atoms with Crippen molar-refractivity contribution in [3.63, 3.8) is 0 Å². The van der Waals surface area contributed by atoms with E-state index >= 15 is 0 Å². The second-order valence-corrected chi connectivity index (χ2v) is 8.82. The third-order valence-electron chi connectivity index (χ3n) is 4.59. The molecule has 1 N–H and O–H groups in total. The smallest absolute Gasteiger partial charge is 0.244 e. The Labute approximate surface area is 174 Å². The molecule has 0 aliphatic carbocycles. The number of hydrogen-bond acceptors (Lipinski definition) is 5. The molecule has 6 nitrogen and oxygen atoms in total. The molecule has 2 unspecified atom stereocenters. The first kappa shape index (κ1) is 22.9. The first-order chi connectivity index (χ1) is 13.7. The second-order valence-electron chi connectivity index (χ2n) is 7.55. The van der Waals surface area contributed by atoms with Crippen LogP contribution in [0.1, 0.15) is 32.8 Å². The Hall–Kier alpha value is -2.41. The van der Waals surface area contributed by atoms with Crippen LogP contribution in [0.5, 0.6) is 5.75 Å². The van der Waals surface area contributed by atoms with Crippen LogP contribution in [0, 0.1) is 5.92 Å². The van der Waals surface area contributed by atoms with E-state index in [-0.39, 0.29) is 17.6 Å². The van der Waals surface area contributed by atoms with Gasteiger partial charge < -0.3 is 14.8 Å². The number of carbonyl (C=O) groups excluding carboxylic acids is 2. The zero-order chi connectivity index (χ0) is 21.4. The van der Waals surface area contributed by atoms with Crippen molar-refractivity contribution in [1.82, 2.24) is 5.32 Å². The van der Waals surface area contributed by atoms with Gasteiger partial charge in [-0.1, -0.05) is 19.1 Å². The van der Waals surface area contributed by atoms with Gasteiger partial charge in [0.15, 0.2) is 5.60 Å². The maximum absolute atomic E-state index is 11.8. The van der Waals surface area contributed by atoms with Gasteiger partial charge in [0.05, 0.1) is 6.61 Å². The molecule has 29 heavy (non-hydrogen) atoms. The van der Waals surface area contributed by atoms with Gasteiger partial charge in [0.1, 0.15) is 11.5 Å². The van der Waals surface area contributed by atoms with Gasteiger partial charge in [-0.2, -0.15) is 0 Å². The summed E-state index contributed by atoms with van der Waals surface area (Å²) in [5, 5.41) is 4.11. The van der Waals surface area contributed by atoms with Crippen molar-refractivity contribution in [3.8, 4) is 5.75 Å². The average molecular weight is 420 g/mol. The Kier molecular flexibility index (Phi) is 8.20. The number of allylic oxidation sites excluding steroid dienone is 1. The third kappa shape index (κ3) is 7.49. The molecule has 0 saturated carbocycles. The molecule has 2 atom stereocenters. The highest BCUT2D eigenvalue weighted by Crippen LogP contribution is 2.30. The van der Waals surface area contributed by atoms with Crippen molar-refractivity contribution < 1.29 is 23.3 Å². The molecule has 158 valence electrons. The summed E-state index contributed by atoms with van der Waals surface area (Å²) in [5.41, 5.74) is 0.324. The van der Waals surface area contributed by atoms with Crippen molar-refractivity contribution in [1.29, 1.82) is 0 Å². The molecule has 0 spiro atoms. The summed E-state index contributed by atoms with van der Waals surface area (Å²) in [5.74, 6) is 1.36. The predicted octanol–water partition coefficient (Wildman–Crippen LogP) is 2.90. The highest BCUT2D eigenvalue weighted by molar-refractivity contribution is 7.87. The van der Waals surface area contributed by atoms with E-state index in [9.17, 15) is 13.8 Å². The van der Waals surface area contributed by atoms with E-state index in [4.69, 9.17) is 9.47 Å². The fourth-order valence-corrected chi connectivity index (χ4v) is 3.03. The summed E-state index contributed by atoms with van der Waals surface area (Å²) in [4.78, 5) is 23.4. The van der Waals surface area contributed by atoms with Crippen LogP contribution in [0.3, 0.4) is 0 Å². The number of rotatable bonds is 10. The summed E-state index contributed by atoms with van der Waals surface area (Å²) in [6, 6.07) is 7.73. The van der Waals surface area contributed by atoms with Crippen molar-refractivity contribution in [2.24, 2.45) is 5.92 Å². The van der Waals surface area contributed by atoms with Gasteiger partial charge >= 0.3 is 0 Å². The Morgan fingerprint density at radius 2 is 2.00 bits per heavy atom. The molecule has 0 saturated heterocycles. The molecule has 1 heterocycles. The molecular weight excluding hydrogens is 390 g/mol. The highest BCUT2D eigenvalue weighted by atomic mass is 32.2. The molecule has 0 aromatic heterocycles. The minimum atomic E-state index is -1.12. The Morgan fingerprint density at radius 1 is 1.31 bits per heavy atom. The van der Waals surface area contributed by atoms with Gasteiger partial charge in [-0.25, -0.2) is 0 Å². The minimum absolute atomic E-state index is 0.00315. The predicted molar refractivity (Wildman–Crippen MR) is 114 cm³/mol. The van der Waals surface area contributed by atoms with E-state index in [1.165, 1.54) is 17.7 Å². The third-order valence-corrected chi connectivity index (χ3v) is 5.11. The van der Waals surface area contributed by atoms with E-state index in [1.54, 1.807) is 19.9 Å². The topological polar surface area (TPSA) is 81.7 Å². The molecule has 1 aliphatic heterocycles. The maximum atomic E-state index is 11.8. The summed E-state index contributed by atoms with van der Waals surface area (Å²) < 4.78 is 22.4. The lowest BCUT2D eigenvalue weighted by Crippen LogP contribution is -2.28. The molecule has 0 radical (unpaired) electrons. The number of ether oxygens (including phenoxy) is 2. The van der Waals surface area contributed by atoms with Crippen LogP contribution in [0.4, 0.5) is 0 Å². The molecule has 7 heteroatoms. The average Bonchev–Trinajstić information content (AvgIpc) is 2.94. The molecule has 0 fully saturated rings. The Balaban J connectivity index is 1.70. The standard InChI is InChI=1S/C22H29NO5S/c1-16(19-15-20(24)22(2,3)28-19)10-13-27-18-7-5-17(6-8-18)9-12-23-21(25)11-14-29(4)26/h5-8,11,14-16H,9-10,12-13H2,1-4H3,(H,23,25). The van der Waals surface area contributed by atoms with E-state index in [0.717, 1.165) is 23.5 Å². The molecule has 0 bridgehead atoms. The van der Waals surface area contributed by atoms with Gasteiger partial charge in [0.25, 0.3) is 0 Å². The number of amides is 1. The molecule has 1 aromatic rings. The summed E-state index contributed by atoms with van der Waals surface area (Å²) in [7, 11) is -1.12. The van der Waals surface area contributed by atoms with Gasteiger partial charge in [-0.15, -0.1) is 0 Å². The number of carbonyl (C=O) groups is 2. The van der Waals surface area contributed by atoms with E-state index in [1.807, 2.05) is 31.2 Å². The molecule has 1 aromatic carbocycles. The van der Waals surface area contributed by atoms with Crippen molar-refractivity contribution in [3.05, 3.63) is 53.1 Å². The number of benzene rings is 1. The Bertz CT molecular complexity index is 811. The van der Waals surface area contributed by atoms with Crippen molar-refractivity contribution >= 4 is 22.5 Å². The lowest BCUT2D eigenvalue weighted by Gasteiger charge is -2.21. The zero-order valence-corrected chi connectivity index (χ0v) is 18.2. The summed E-state index contributed by atoms with van der Waals surface area (Å²) in [6.45, 7) is 6.60. The largest absolute Gasteiger partial charge is 0.494 e. The van der Waals surface area contributed by atoms with Gasteiger partial charge in [0, 0.05) is 47.1 Å². The van der Waals surface area contributed by atoms with Crippen molar-refractivity contribution in [2.45, 2.75) is 39.2 Å². The quantitative estimate of drug-likeness (QED) is 0.590.